The second-order valence-electron chi connectivity index (χ2n) is 4.96. The first-order valence-corrected chi connectivity index (χ1v) is 6.84. The molecule has 0 saturated heterocycles. The molecule has 4 rings (SSSR count). The van der Waals surface area contributed by atoms with Crippen molar-refractivity contribution in [3.05, 3.63) is 83.9 Å². The van der Waals surface area contributed by atoms with Gasteiger partial charge in [-0.2, -0.15) is 0 Å². The molecule has 0 radical (unpaired) electrons. The Kier molecular flexibility index (Phi) is 2.56. The van der Waals surface area contributed by atoms with Crippen LogP contribution in [0.15, 0.2) is 72.8 Å². The fourth-order valence-corrected chi connectivity index (χ4v) is 2.82. The highest BCUT2D eigenvalue weighted by Crippen LogP contribution is 2.39. The topological polar surface area (TPSA) is 9.23 Å². The van der Waals surface area contributed by atoms with Crippen LogP contribution >= 0.6 is 0 Å². The second kappa shape index (κ2) is 4.53. The molecule has 3 aromatic rings. The smallest absolute Gasteiger partial charge is 0.135 e. The minimum absolute atomic E-state index is 0.630. The van der Waals surface area contributed by atoms with Crippen molar-refractivity contribution in [3.63, 3.8) is 0 Å². The molecule has 1 heteroatoms. The van der Waals surface area contributed by atoms with Crippen molar-refractivity contribution in [2.45, 2.75) is 0 Å². The molecule has 0 amide bonds. The summed E-state index contributed by atoms with van der Waals surface area (Å²) < 4.78 is 5.91. The van der Waals surface area contributed by atoms with Crippen molar-refractivity contribution in [3.8, 4) is 5.75 Å². The van der Waals surface area contributed by atoms with Gasteiger partial charge in [0.25, 0.3) is 0 Å². The molecule has 0 fully saturated rings. The third-order valence-corrected chi connectivity index (χ3v) is 3.77. The molecular formula is C19H14O. The normalized spacial score (nSPS) is 13.5. The summed E-state index contributed by atoms with van der Waals surface area (Å²) in [6.45, 7) is 0.630. The molecule has 0 atom stereocenters. The zero-order valence-corrected chi connectivity index (χ0v) is 11.0. The largest absolute Gasteiger partial charge is 0.488 e. The van der Waals surface area contributed by atoms with Crippen LogP contribution < -0.4 is 4.74 Å². The summed E-state index contributed by atoms with van der Waals surface area (Å²) in [6.07, 6.45) is 2.16. The van der Waals surface area contributed by atoms with Crippen LogP contribution in [0.4, 0.5) is 0 Å². The Morgan fingerprint density at radius 2 is 1.55 bits per heavy atom. The van der Waals surface area contributed by atoms with E-state index in [1.165, 1.54) is 27.5 Å². The van der Waals surface area contributed by atoms with E-state index in [1.54, 1.807) is 0 Å². The van der Waals surface area contributed by atoms with Gasteiger partial charge in [-0.3, -0.25) is 0 Å². The van der Waals surface area contributed by atoms with Crippen molar-refractivity contribution < 1.29 is 4.74 Å². The van der Waals surface area contributed by atoms with Crippen molar-refractivity contribution in [1.29, 1.82) is 0 Å². The van der Waals surface area contributed by atoms with Crippen LogP contribution in [0.3, 0.4) is 0 Å². The molecule has 96 valence electrons. The van der Waals surface area contributed by atoms with Crippen LogP contribution in [0.1, 0.15) is 11.1 Å². The van der Waals surface area contributed by atoms with Gasteiger partial charge in [0, 0.05) is 10.9 Å². The molecule has 1 heterocycles. The van der Waals surface area contributed by atoms with Gasteiger partial charge in [0.15, 0.2) is 0 Å². The van der Waals surface area contributed by atoms with E-state index in [9.17, 15) is 0 Å². The monoisotopic (exact) mass is 258 g/mol. The number of fused-ring (bicyclic) bond motifs is 3. The zero-order valence-electron chi connectivity index (χ0n) is 11.0. The van der Waals surface area contributed by atoms with Crippen molar-refractivity contribution >= 4 is 16.3 Å². The van der Waals surface area contributed by atoms with Gasteiger partial charge in [-0.25, -0.2) is 0 Å². The van der Waals surface area contributed by atoms with Gasteiger partial charge >= 0.3 is 0 Å². The van der Waals surface area contributed by atoms with Crippen LogP contribution in [0.5, 0.6) is 5.75 Å². The van der Waals surface area contributed by atoms with E-state index >= 15 is 0 Å². The Morgan fingerprint density at radius 1 is 0.750 bits per heavy atom. The van der Waals surface area contributed by atoms with Gasteiger partial charge in [0.1, 0.15) is 12.4 Å². The molecule has 0 saturated carbocycles. The molecule has 3 aromatic carbocycles. The highest BCUT2D eigenvalue weighted by atomic mass is 16.5. The maximum Gasteiger partial charge on any atom is 0.135 e. The summed E-state index contributed by atoms with van der Waals surface area (Å²) in [5, 5.41) is 2.41. The summed E-state index contributed by atoms with van der Waals surface area (Å²) in [5.74, 6) is 1.00. The van der Waals surface area contributed by atoms with E-state index < -0.39 is 0 Å². The van der Waals surface area contributed by atoms with Crippen LogP contribution in [-0.2, 0) is 0 Å². The molecule has 0 aliphatic carbocycles. The number of benzene rings is 3. The highest BCUT2D eigenvalue weighted by molar-refractivity contribution is 5.96. The fraction of sp³-hybridized carbons (Fsp3) is 0.0526. The lowest BCUT2D eigenvalue weighted by molar-refractivity contribution is 0.362. The zero-order chi connectivity index (χ0) is 13.4. The van der Waals surface area contributed by atoms with Crippen molar-refractivity contribution in [1.82, 2.24) is 0 Å². The minimum Gasteiger partial charge on any atom is -0.488 e. The molecular weight excluding hydrogens is 244 g/mol. The molecule has 20 heavy (non-hydrogen) atoms. The Balaban J connectivity index is 1.96. The molecule has 0 aromatic heterocycles. The van der Waals surface area contributed by atoms with Gasteiger partial charge in [0.2, 0.25) is 0 Å². The summed E-state index contributed by atoms with van der Waals surface area (Å²) >= 11 is 0. The third kappa shape index (κ3) is 1.71. The molecule has 0 bridgehead atoms. The van der Waals surface area contributed by atoms with E-state index in [2.05, 4.69) is 66.7 Å². The third-order valence-electron chi connectivity index (χ3n) is 3.77. The molecule has 1 nitrogen and oxygen atoms in total. The second-order valence-corrected chi connectivity index (χ2v) is 4.96. The maximum absolute atomic E-state index is 5.91. The van der Waals surface area contributed by atoms with Gasteiger partial charge in [-0.1, -0.05) is 66.7 Å². The number of rotatable bonds is 1. The first kappa shape index (κ1) is 11.3. The van der Waals surface area contributed by atoms with E-state index in [-0.39, 0.29) is 0 Å². The first-order chi connectivity index (χ1) is 9.93. The molecule has 0 N–H and O–H groups in total. The predicted molar refractivity (Wildman–Crippen MR) is 83.0 cm³/mol. The van der Waals surface area contributed by atoms with Crippen molar-refractivity contribution in [2.24, 2.45) is 0 Å². The summed E-state index contributed by atoms with van der Waals surface area (Å²) in [6, 6.07) is 23.2. The predicted octanol–water partition coefficient (Wildman–Crippen LogP) is 4.66. The lowest BCUT2D eigenvalue weighted by atomic mass is 9.93. The number of hydrogen-bond acceptors (Lipinski definition) is 1. The Labute approximate surface area is 118 Å². The Bertz CT molecular complexity index is 800. The van der Waals surface area contributed by atoms with E-state index in [0.717, 1.165) is 5.75 Å². The Hall–Kier alpha value is -2.54. The van der Waals surface area contributed by atoms with Crippen LogP contribution in [0, 0.1) is 0 Å². The van der Waals surface area contributed by atoms with Gasteiger partial charge in [-0.05, 0) is 22.6 Å². The molecule has 1 aliphatic rings. The van der Waals surface area contributed by atoms with E-state index in [0.29, 0.717) is 6.61 Å². The SMILES string of the molecule is C1=C(c2ccccc2)c2ccc3ccccc3c2OC1. The molecule has 0 unspecified atom stereocenters. The minimum atomic E-state index is 0.630. The fourth-order valence-electron chi connectivity index (χ4n) is 2.82. The number of hydrogen-bond donors (Lipinski definition) is 0. The van der Waals surface area contributed by atoms with Crippen molar-refractivity contribution in [2.75, 3.05) is 6.61 Å². The van der Waals surface area contributed by atoms with E-state index in [4.69, 9.17) is 4.74 Å². The van der Waals surface area contributed by atoms with Crippen LogP contribution in [0.2, 0.25) is 0 Å². The quantitative estimate of drug-likeness (QED) is 0.616. The average molecular weight is 258 g/mol. The van der Waals surface area contributed by atoms with E-state index in [1.807, 2.05) is 6.07 Å². The summed E-state index contributed by atoms with van der Waals surface area (Å²) in [5.41, 5.74) is 3.69. The lowest BCUT2D eigenvalue weighted by Crippen LogP contribution is -2.06. The molecule has 0 spiro atoms. The first-order valence-electron chi connectivity index (χ1n) is 6.84. The summed E-state index contributed by atoms with van der Waals surface area (Å²) in [7, 11) is 0. The summed E-state index contributed by atoms with van der Waals surface area (Å²) in [4.78, 5) is 0. The van der Waals surface area contributed by atoms with Gasteiger partial charge < -0.3 is 4.74 Å². The average Bonchev–Trinajstić information content (AvgIpc) is 2.55. The standard InChI is InChI=1S/C19H14O/c1-2-6-14(7-3-1)16-12-13-20-19-17-9-5-4-8-15(17)10-11-18(16)19/h1-12H,13H2. The molecule has 1 aliphatic heterocycles. The lowest BCUT2D eigenvalue weighted by Gasteiger charge is -2.20. The maximum atomic E-state index is 5.91. The Morgan fingerprint density at radius 3 is 2.45 bits per heavy atom. The highest BCUT2D eigenvalue weighted by Gasteiger charge is 2.17. The van der Waals surface area contributed by atoms with Gasteiger partial charge in [0.05, 0.1) is 0 Å². The van der Waals surface area contributed by atoms with Crippen LogP contribution in [0.25, 0.3) is 16.3 Å². The van der Waals surface area contributed by atoms with Crippen LogP contribution in [-0.4, -0.2) is 6.61 Å². The number of ether oxygens (including phenoxy) is 1. The van der Waals surface area contributed by atoms with Gasteiger partial charge in [-0.15, -0.1) is 0 Å².